The molecular weight excluding hydrogens is 164 g/mol. The Morgan fingerprint density at radius 1 is 1.42 bits per heavy atom. The lowest BCUT2D eigenvalue weighted by Gasteiger charge is -1.98. The molecule has 0 saturated carbocycles. The second-order valence-electron chi connectivity index (χ2n) is 1.99. The Morgan fingerprint density at radius 2 is 1.92 bits per heavy atom. The van der Waals surface area contributed by atoms with Gasteiger partial charge in [-0.2, -0.15) is 0 Å². The molecule has 12 heavy (non-hydrogen) atoms. The van der Waals surface area contributed by atoms with Gasteiger partial charge in [-0.25, -0.2) is 4.79 Å². The van der Waals surface area contributed by atoms with E-state index in [1.165, 1.54) is 6.92 Å². The van der Waals surface area contributed by atoms with E-state index in [1.807, 2.05) is 5.32 Å². The third-order valence-corrected chi connectivity index (χ3v) is 0.864. The predicted molar refractivity (Wildman–Crippen MR) is 38.7 cm³/mol. The number of aliphatic carboxylic acids is 1. The largest absolute Gasteiger partial charge is 0.474 e. The first-order valence-electron chi connectivity index (χ1n) is 2.95. The minimum atomic E-state index is -1.62. The van der Waals surface area contributed by atoms with Crippen LogP contribution in [0, 0.1) is 0 Å². The number of hydrogen-bond donors (Lipinski definition) is 3. The minimum Gasteiger partial charge on any atom is -0.474 e. The topological polar surface area (TPSA) is 109 Å². The molecule has 0 aromatic carbocycles. The number of amides is 2. The van der Waals surface area contributed by atoms with E-state index >= 15 is 0 Å². The van der Waals surface area contributed by atoms with E-state index in [0.29, 0.717) is 0 Å². The number of allylic oxidation sites excluding steroid dienone is 1. The van der Waals surface area contributed by atoms with Crippen LogP contribution in [0.25, 0.3) is 0 Å². The summed E-state index contributed by atoms with van der Waals surface area (Å²) in [5.74, 6) is -3.57. The van der Waals surface area contributed by atoms with Crippen molar-refractivity contribution in [2.24, 2.45) is 5.73 Å². The van der Waals surface area contributed by atoms with Crippen LogP contribution in [-0.4, -0.2) is 22.9 Å². The van der Waals surface area contributed by atoms with E-state index in [0.717, 1.165) is 6.08 Å². The zero-order valence-electron chi connectivity index (χ0n) is 6.33. The molecule has 2 amide bonds. The molecule has 0 spiro atoms. The van der Waals surface area contributed by atoms with Crippen LogP contribution in [0.5, 0.6) is 0 Å². The summed E-state index contributed by atoms with van der Waals surface area (Å²) in [6.45, 7) is 1.35. The van der Waals surface area contributed by atoms with E-state index in [2.05, 4.69) is 0 Å². The van der Waals surface area contributed by atoms with Crippen LogP contribution in [0.3, 0.4) is 0 Å². The zero-order valence-corrected chi connectivity index (χ0v) is 6.33. The highest BCUT2D eigenvalue weighted by molar-refractivity contribution is 6.31. The van der Waals surface area contributed by atoms with E-state index in [4.69, 9.17) is 10.8 Å². The molecule has 0 saturated heterocycles. The highest BCUT2D eigenvalue weighted by Gasteiger charge is 2.10. The third-order valence-electron chi connectivity index (χ3n) is 0.864. The molecule has 0 radical (unpaired) electrons. The van der Waals surface area contributed by atoms with Crippen molar-refractivity contribution in [3.63, 3.8) is 0 Å². The molecule has 0 heterocycles. The first kappa shape index (κ1) is 10.2. The SMILES string of the molecule is C/C(=C\C(N)=O)NC(=O)C(=O)O. The quantitative estimate of drug-likeness (QED) is 0.350. The maximum Gasteiger partial charge on any atom is 0.394 e. The molecule has 0 unspecified atom stereocenters. The Labute approximate surface area is 68.0 Å². The maximum absolute atomic E-state index is 10.4. The van der Waals surface area contributed by atoms with Crippen LogP contribution < -0.4 is 11.1 Å². The van der Waals surface area contributed by atoms with Gasteiger partial charge in [-0.3, -0.25) is 9.59 Å². The maximum atomic E-state index is 10.4. The van der Waals surface area contributed by atoms with Crippen LogP contribution >= 0.6 is 0 Å². The number of nitrogens with two attached hydrogens (primary N) is 1. The number of rotatable bonds is 2. The number of carbonyl (C=O) groups excluding carboxylic acids is 2. The fourth-order valence-corrected chi connectivity index (χ4v) is 0.482. The van der Waals surface area contributed by atoms with Crippen molar-refractivity contribution in [2.45, 2.75) is 6.92 Å². The normalized spacial score (nSPS) is 10.6. The lowest BCUT2D eigenvalue weighted by atomic mass is 10.4. The average Bonchev–Trinajstić information content (AvgIpc) is 1.84. The smallest absolute Gasteiger partial charge is 0.394 e. The van der Waals surface area contributed by atoms with E-state index < -0.39 is 17.8 Å². The van der Waals surface area contributed by atoms with Gasteiger partial charge in [-0.05, 0) is 6.92 Å². The Bertz CT molecular complexity index is 256. The summed E-state index contributed by atoms with van der Waals surface area (Å²) in [5, 5.41) is 10.0. The van der Waals surface area contributed by atoms with Crippen molar-refractivity contribution < 1.29 is 19.5 Å². The first-order valence-corrected chi connectivity index (χ1v) is 2.95. The van der Waals surface area contributed by atoms with Crippen LogP contribution in [0.2, 0.25) is 0 Å². The lowest BCUT2D eigenvalue weighted by Crippen LogP contribution is -2.29. The fourth-order valence-electron chi connectivity index (χ4n) is 0.482. The highest BCUT2D eigenvalue weighted by atomic mass is 16.4. The van der Waals surface area contributed by atoms with Gasteiger partial charge in [-0.1, -0.05) is 0 Å². The van der Waals surface area contributed by atoms with E-state index in [-0.39, 0.29) is 5.70 Å². The van der Waals surface area contributed by atoms with E-state index in [1.54, 1.807) is 0 Å². The molecule has 6 nitrogen and oxygen atoms in total. The summed E-state index contributed by atoms with van der Waals surface area (Å²) in [6, 6.07) is 0. The molecule has 0 aliphatic heterocycles. The van der Waals surface area contributed by atoms with Gasteiger partial charge in [0.25, 0.3) is 0 Å². The van der Waals surface area contributed by atoms with Gasteiger partial charge in [0.2, 0.25) is 5.91 Å². The molecule has 6 heteroatoms. The fraction of sp³-hybridized carbons (Fsp3) is 0.167. The summed E-state index contributed by atoms with van der Waals surface area (Å²) >= 11 is 0. The van der Waals surface area contributed by atoms with Gasteiger partial charge < -0.3 is 16.2 Å². The molecule has 0 aromatic heterocycles. The standard InChI is InChI=1S/C6H8N2O4/c1-3(2-4(7)9)8-5(10)6(11)12/h2H,1H3,(H2,7,9)(H,8,10)(H,11,12)/b3-2+. The third kappa shape index (κ3) is 4.04. The van der Waals surface area contributed by atoms with Gasteiger partial charge in [0.15, 0.2) is 0 Å². The summed E-state index contributed by atoms with van der Waals surface area (Å²) in [4.78, 5) is 30.6. The van der Waals surface area contributed by atoms with Crippen LogP contribution in [0.1, 0.15) is 6.92 Å². The zero-order chi connectivity index (χ0) is 9.72. The van der Waals surface area contributed by atoms with Crippen LogP contribution in [0.15, 0.2) is 11.8 Å². The first-order chi connectivity index (χ1) is 5.43. The Morgan fingerprint density at radius 3 is 2.25 bits per heavy atom. The number of carboxylic acid groups (broad SMARTS) is 1. The molecule has 0 bridgehead atoms. The number of primary amides is 1. The second-order valence-corrected chi connectivity index (χ2v) is 1.99. The van der Waals surface area contributed by atoms with Crippen molar-refractivity contribution in [2.75, 3.05) is 0 Å². The molecule has 0 rings (SSSR count). The van der Waals surface area contributed by atoms with Gasteiger partial charge in [-0.15, -0.1) is 0 Å². The molecule has 4 N–H and O–H groups in total. The van der Waals surface area contributed by atoms with Crippen molar-refractivity contribution in [3.8, 4) is 0 Å². The Kier molecular flexibility index (Phi) is 3.48. The molecule has 0 fully saturated rings. The average molecular weight is 172 g/mol. The highest BCUT2D eigenvalue weighted by Crippen LogP contribution is 1.84. The van der Waals surface area contributed by atoms with Crippen molar-refractivity contribution in [1.82, 2.24) is 5.32 Å². The molecule has 0 aliphatic rings. The lowest BCUT2D eigenvalue weighted by molar-refractivity contribution is -0.149. The van der Waals surface area contributed by atoms with Gasteiger partial charge >= 0.3 is 11.9 Å². The molecule has 66 valence electrons. The molecule has 0 aromatic rings. The van der Waals surface area contributed by atoms with Crippen LogP contribution in [-0.2, 0) is 14.4 Å². The van der Waals surface area contributed by atoms with Gasteiger partial charge in [0.1, 0.15) is 0 Å². The molecule has 0 aliphatic carbocycles. The van der Waals surface area contributed by atoms with E-state index in [9.17, 15) is 14.4 Å². The molecule has 0 atom stereocenters. The van der Waals surface area contributed by atoms with Gasteiger partial charge in [0, 0.05) is 11.8 Å². The van der Waals surface area contributed by atoms with Crippen molar-refractivity contribution >= 4 is 17.8 Å². The number of hydrogen-bond acceptors (Lipinski definition) is 3. The van der Waals surface area contributed by atoms with Crippen molar-refractivity contribution in [3.05, 3.63) is 11.8 Å². The minimum absolute atomic E-state index is 0.0925. The number of nitrogens with one attached hydrogen (secondary N) is 1. The molecular formula is C6H8N2O4. The number of carbonyl (C=O) groups is 3. The monoisotopic (exact) mass is 172 g/mol. The Balaban J connectivity index is 4.19. The summed E-state index contributed by atoms with van der Waals surface area (Å²) in [6.07, 6.45) is 0.917. The summed E-state index contributed by atoms with van der Waals surface area (Å²) in [5.41, 5.74) is 4.82. The van der Waals surface area contributed by atoms with Crippen molar-refractivity contribution in [1.29, 1.82) is 0 Å². The summed E-state index contributed by atoms with van der Waals surface area (Å²) in [7, 11) is 0. The van der Waals surface area contributed by atoms with Gasteiger partial charge in [0.05, 0.1) is 0 Å². The Hall–Kier alpha value is -1.85. The number of carboxylic acids is 1. The van der Waals surface area contributed by atoms with Crippen LogP contribution in [0.4, 0.5) is 0 Å². The predicted octanol–water partition coefficient (Wildman–Crippen LogP) is -1.42. The second kappa shape index (κ2) is 4.12. The summed E-state index contributed by atoms with van der Waals surface area (Å²) < 4.78 is 0.